The van der Waals surface area contributed by atoms with Gasteiger partial charge in [0.05, 0.1) is 5.69 Å². The van der Waals surface area contributed by atoms with Gasteiger partial charge in [0.15, 0.2) is 23.6 Å². The quantitative estimate of drug-likeness (QED) is 0.683. The Morgan fingerprint density at radius 1 is 1.10 bits per heavy atom. The minimum Gasteiger partial charge on any atom is -0.454 e. The molecule has 0 radical (unpaired) electrons. The van der Waals surface area contributed by atoms with Crippen LogP contribution in [0.3, 0.4) is 0 Å². The molecular weight excluding hydrogens is 458 g/mol. The van der Waals surface area contributed by atoms with Crippen molar-refractivity contribution in [3.8, 4) is 11.5 Å². The Kier molecular flexibility index (Phi) is 4.39. The van der Waals surface area contributed by atoms with Crippen LogP contribution in [0.25, 0.3) is 0 Å². The number of benzene rings is 2. The van der Waals surface area contributed by atoms with E-state index in [4.69, 9.17) is 9.47 Å². The molecule has 0 spiro atoms. The van der Waals surface area contributed by atoms with Gasteiger partial charge in [-0.25, -0.2) is 4.90 Å². The highest BCUT2D eigenvalue weighted by Gasteiger charge is 2.55. The van der Waals surface area contributed by atoms with E-state index >= 15 is 0 Å². The van der Waals surface area contributed by atoms with Crippen molar-refractivity contribution in [2.75, 3.05) is 23.6 Å². The lowest BCUT2D eigenvalue weighted by Crippen LogP contribution is -2.43. The Labute approximate surface area is 178 Å². The van der Waals surface area contributed by atoms with Gasteiger partial charge >= 0.3 is 0 Å². The van der Waals surface area contributed by atoms with Gasteiger partial charge in [-0.3, -0.25) is 19.4 Å². The molecule has 3 aliphatic heterocycles. The van der Waals surface area contributed by atoms with Crippen molar-refractivity contribution < 1.29 is 23.9 Å². The van der Waals surface area contributed by atoms with Crippen molar-refractivity contribution in [2.45, 2.75) is 12.1 Å². The number of nitrogens with one attached hydrogen (secondary N) is 1. The lowest BCUT2D eigenvalue weighted by molar-refractivity contribution is -0.123. The summed E-state index contributed by atoms with van der Waals surface area (Å²) >= 11 is 3.32. The SMILES string of the molecule is O=C(CN1N=N[C@@H]2C(=O)N(c3ccc(Br)cc3)C(=O)[C@H]21)Nc1ccc2c(c1)OCO2. The van der Waals surface area contributed by atoms with E-state index in [-0.39, 0.29) is 13.3 Å². The second kappa shape index (κ2) is 7.10. The molecule has 0 unspecified atom stereocenters. The third-order valence-corrected chi connectivity index (χ3v) is 5.43. The molecule has 1 saturated heterocycles. The van der Waals surface area contributed by atoms with E-state index in [1.807, 2.05) is 0 Å². The first-order chi connectivity index (χ1) is 14.5. The van der Waals surface area contributed by atoms with Gasteiger partial charge < -0.3 is 14.8 Å². The van der Waals surface area contributed by atoms with Crippen molar-refractivity contribution in [3.63, 3.8) is 0 Å². The van der Waals surface area contributed by atoms with Gasteiger partial charge in [-0.05, 0) is 36.4 Å². The summed E-state index contributed by atoms with van der Waals surface area (Å²) in [6, 6.07) is 9.92. The van der Waals surface area contributed by atoms with Crippen molar-refractivity contribution in [2.24, 2.45) is 10.3 Å². The van der Waals surface area contributed by atoms with Gasteiger partial charge in [-0.15, -0.1) is 0 Å². The normalized spacial score (nSPS) is 21.4. The molecule has 152 valence electrons. The first-order valence-corrected chi connectivity index (χ1v) is 9.81. The van der Waals surface area contributed by atoms with Gasteiger partial charge in [0.25, 0.3) is 11.8 Å². The molecule has 2 aromatic carbocycles. The number of anilines is 2. The maximum absolute atomic E-state index is 12.9. The number of imide groups is 1. The lowest BCUT2D eigenvalue weighted by Gasteiger charge is -2.20. The van der Waals surface area contributed by atoms with E-state index in [2.05, 4.69) is 31.6 Å². The highest BCUT2D eigenvalue weighted by atomic mass is 79.9. The number of hydrogen-bond donors (Lipinski definition) is 1. The van der Waals surface area contributed by atoms with Crippen molar-refractivity contribution in [1.29, 1.82) is 0 Å². The number of carbonyl (C=O) groups is 3. The highest BCUT2D eigenvalue weighted by Crippen LogP contribution is 2.35. The number of ether oxygens (including phenoxy) is 2. The highest BCUT2D eigenvalue weighted by molar-refractivity contribution is 9.10. The fourth-order valence-electron chi connectivity index (χ4n) is 3.52. The van der Waals surface area contributed by atoms with Crippen LogP contribution in [0.15, 0.2) is 57.3 Å². The number of fused-ring (bicyclic) bond motifs is 2. The van der Waals surface area contributed by atoms with Crippen LogP contribution in [0.1, 0.15) is 0 Å². The predicted molar refractivity (Wildman–Crippen MR) is 107 cm³/mol. The van der Waals surface area contributed by atoms with Gasteiger partial charge in [0.2, 0.25) is 12.7 Å². The number of rotatable bonds is 4. The summed E-state index contributed by atoms with van der Waals surface area (Å²) in [5.41, 5.74) is 0.963. The van der Waals surface area contributed by atoms with E-state index in [0.717, 1.165) is 9.37 Å². The molecule has 5 rings (SSSR count). The standard InChI is InChI=1S/C19H14BrN5O5/c20-10-1-4-12(5-2-10)25-18(27)16-17(19(25)28)24(23-22-16)8-15(26)21-11-3-6-13-14(7-11)30-9-29-13/h1-7,16-17H,8-9H2,(H,21,26)/t16-,17-/m0/s1. The predicted octanol–water partition coefficient (Wildman–Crippen LogP) is 2.11. The molecule has 3 aliphatic rings. The number of halogens is 1. The fourth-order valence-corrected chi connectivity index (χ4v) is 3.78. The molecule has 10 nitrogen and oxygen atoms in total. The molecule has 0 bridgehead atoms. The number of hydrogen-bond acceptors (Lipinski definition) is 8. The Morgan fingerprint density at radius 2 is 1.87 bits per heavy atom. The second-order valence-electron chi connectivity index (χ2n) is 6.80. The maximum atomic E-state index is 12.9. The van der Waals surface area contributed by atoms with Crippen LogP contribution in [0.4, 0.5) is 11.4 Å². The second-order valence-corrected chi connectivity index (χ2v) is 7.71. The summed E-state index contributed by atoms with van der Waals surface area (Å²) in [5, 5.41) is 11.8. The Bertz CT molecular complexity index is 1090. The molecule has 11 heteroatoms. The molecule has 0 saturated carbocycles. The van der Waals surface area contributed by atoms with E-state index in [1.54, 1.807) is 42.5 Å². The third-order valence-electron chi connectivity index (χ3n) is 4.90. The van der Waals surface area contributed by atoms with Gasteiger partial charge in [-0.2, -0.15) is 5.11 Å². The molecule has 1 N–H and O–H groups in total. The van der Waals surface area contributed by atoms with Crippen LogP contribution < -0.4 is 19.7 Å². The minimum absolute atomic E-state index is 0.134. The number of nitrogens with zero attached hydrogens (tertiary/aromatic N) is 4. The molecule has 2 atom stereocenters. The zero-order valence-corrected chi connectivity index (χ0v) is 16.9. The minimum atomic E-state index is -0.959. The van der Waals surface area contributed by atoms with Crippen LogP contribution in [0, 0.1) is 0 Å². The summed E-state index contributed by atoms with van der Waals surface area (Å²) in [5.74, 6) is -0.193. The molecule has 1 fully saturated rings. The van der Waals surface area contributed by atoms with Crippen LogP contribution in [0.2, 0.25) is 0 Å². The van der Waals surface area contributed by atoms with Crippen molar-refractivity contribution in [1.82, 2.24) is 5.01 Å². The van der Waals surface area contributed by atoms with E-state index in [0.29, 0.717) is 22.9 Å². The molecular formula is C19H14BrN5O5. The monoisotopic (exact) mass is 471 g/mol. The average Bonchev–Trinajstić information content (AvgIpc) is 3.41. The first kappa shape index (κ1) is 18.6. The summed E-state index contributed by atoms with van der Waals surface area (Å²) < 4.78 is 11.4. The van der Waals surface area contributed by atoms with Gasteiger partial charge in [0, 0.05) is 16.2 Å². The topological polar surface area (TPSA) is 113 Å². The van der Waals surface area contributed by atoms with Gasteiger partial charge in [0.1, 0.15) is 6.54 Å². The van der Waals surface area contributed by atoms with Crippen LogP contribution >= 0.6 is 15.9 Å². The molecule has 0 aromatic heterocycles. The van der Waals surface area contributed by atoms with Crippen LogP contribution in [-0.4, -0.2) is 48.2 Å². The molecule has 0 aliphatic carbocycles. The lowest BCUT2D eigenvalue weighted by atomic mass is 10.1. The Hall–Kier alpha value is -3.47. The van der Waals surface area contributed by atoms with E-state index in [1.165, 1.54) is 5.01 Å². The number of carbonyl (C=O) groups excluding carboxylic acids is 3. The molecule has 3 amide bonds. The molecule has 2 aromatic rings. The first-order valence-electron chi connectivity index (χ1n) is 9.01. The third kappa shape index (κ3) is 3.07. The average molecular weight is 472 g/mol. The van der Waals surface area contributed by atoms with Gasteiger partial charge in [-0.1, -0.05) is 21.2 Å². The Morgan fingerprint density at radius 3 is 2.67 bits per heavy atom. The summed E-state index contributed by atoms with van der Waals surface area (Å²) in [7, 11) is 0. The Balaban J connectivity index is 1.29. The smallest absolute Gasteiger partial charge is 0.263 e. The van der Waals surface area contributed by atoms with Crippen LogP contribution in [-0.2, 0) is 14.4 Å². The van der Waals surface area contributed by atoms with E-state index in [9.17, 15) is 14.4 Å². The fraction of sp³-hybridized carbons (Fsp3) is 0.211. The molecule has 30 heavy (non-hydrogen) atoms. The summed E-state index contributed by atoms with van der Waals surface area (Å²) in [6.45, 7) is -0.0960. The zero-order valence-electron chi connectivity index (χ0n) is 15.3. The maximum Gasteiger partial charge on any atom is 0.263 e. The van der Waals surface area contributed by atoms with Crippen molar-refractivity contribution >= 4 is 45.0 Å². The largest absolute Gasteiger partial charge is 0.454 e. The molecule has 3 heterocycles. The zero-order chi connectivity index (χ0) is 20.8. The summed E-state index contributed by atoms with van der Waals surface area (Å²) in [6.07, 6.45) is 0. The van der Waals surface area contributed by atoms with Crippen molar-refractivity contribution in [3.05, 3.63) is 46.9 Å². The van der Waals surface area contributed by atoms with E-state index < -0.39 is 29.8 Å². The number of amides is 3. The van der Waals surface area contributed by atoms with Crippen LogP contribution in [0.5, 0.6) is 11.5 Å². The summed E-state index contributed by atoms with van der Waals surface area (Å²) in [4.78, 5) is 39.2.